The van der Waals surface area contributed by atoms with Gasteiger partial charge in [0.05, 0.1) is 34.6 Å². The first-order valence-corrected chi connectivity index (χ1v) is 11.6. The van der Waals surface area contributed by atoms with Crippen LogP contribution >= 0.6 is 11.3 Å². The van der Waals surface area contributed by atoms with Crippen molar-refractivity contribution in [2.24, 2.45) is 0 Å². The summed E-state index contributed by atoms with van der Waals surface area (Å²) in [7, 11) is 0. The van der Waals surface area contributed by atoms with Gasteiger partial charge in [0.2, 0.25) is 5.91 Å². The lowest BCUT2D eigenvalue weighted by atomic mass is 10.2. The minimum Gasteiger partial charge on any atom is -0.487 e. The summed E-state index contributed by atoms with van der Waals surface area (Å²) in [6.07, 6.45) is 5.91. The number of aromatic nitrogens is 5. The van der Waals surface area contributed by atoms with Gasteiger partial charge in [-0.3, -0.25) is 9.59 Å². The first-order chi connectivity index (χ1) is 17.1. The van der Waals surface area contributed by atoms with Crippen LogP contribution in [0.15, 0.2) is 77.3 Å². The van der Waals surface area contributed by atoms with Gasteiger partial charge in [0.1, 0.15) is 17.7 Å². The van der Waals surface area contributed by atoms with Crippen molar-refractivity contribution in [3.05, 3.63) is 99.1 Å². The van der Waals surface area contributed by atoms with Crippen molar-refractivity contribution in [3.63, 3.8) is 0 Å². The van der Waals surface area contributed by atoms with E-state index in [0.717, 1.165) is 16.3 Å². The summed E-state index contributed by atoms with van der Waals surface area (Å²) in [5.41, 5.74) is 2.86. The van der Waals surface area contributed by atoms with Crippen LogP contribution in [-0.2, 0) is 11.4 Å². The van der Waals surface area contributed by atoms with Crippen LogP contribution in [0.5, 0.6) is 5.75 Å². The highest BCUT2D eigenvalue weighted by atomic mass is 32.1. The number of aromatic amines is 1. The number of carbonyl (C=O) groups excluding carboxylic acids is 1. The van der Waals surface area contributed by atoms with E-state index in [1.807, 2.05) is 42.6 Å². The molecule has 5 rings (SSSR count). The number of nitrogens with zero attached hydrogens (tertiary/aromatic N) is 4. The van der Waals surface area contributed by atoms with Gasteiger partial charge in [-0.25, -0.2) is 14.6 Å². The molecule has 2 N–H and O–H groups in total. The van der Waals surface area contributed by atoms with E-state index in [1.165, 1.54) is 23.3 Å². The molecule has 0 radical (unpaired) electrons. The third-order valence-electron chi connectivity index (χ3n) is 5.14. The lowest BCUT2D eigenvalue weighted by molar-refractivity contribution is -0.111. The SMILES string of the molecule is Cc1nc(COc2ccccc2/C=C/C(=O)Nc2ccccc2-n2ncc3c(=O)[nH]cnc32)cs1. The Kier molecular flexibility index (Phi) is 6.18. The maximum absolute atomic E-state index is 12.8. The second kappa shape index (κ2) is 9.74. The minimum absolute atomic E-state index is 0.281. The first kappa shape index (κ1) is 22.2. The van der Waals surface area contributed by atoms with Crippen LogP contribution in [0.4, 0.5) is 5.69 Å². The first-order valence-electron chi connectivity index (χ1n) is 10.7. The van der Waals surface area contributed by atoms with E-state index in [2.05, 4.69) is 25.4 Å². The number of anilines is 1. The molecule has 174 valence electrons. The predicted octanol–water partition coefficient (Wildman–Crippen LogP) is 4.10. The second-order valence-corrected chi connectivity index (χ2v) is 8.61. The van der Waals surface area contributed by atoms with E-state index >= 15 is 0 Å². The van der Waals surface area contributed by atoms with E-state index in [-0.39, 0.29) is 11.5 Å². The molecule has 0 aliphatic heterocycles. The monoisotopic (exact) mass is 484 g/mol. The molecule has 3 heterocycles. The van der Waals surface area contributed by atoms with E-state index in [1.54, 1.807) is 35.6 Å². The summed E-state index contributed by atoms with van der Waals surface area (Å²) in [6, 6.07) is 14.7. The Morgan fingerprint density at radius 2 is 2.03 bits per heavy atom. The number of carbonyl (C=O) groups is 1. The molecule has 10 heteroatoms. The Bertz CT molecular complexity index is 1600. The number of fused-ring (bicyclic) bond motifs is 1. The molecule has 1 amide bonds. The van der Waals surface area contributed by atoms with Crippen LogP contribution in [0.25, 0.3) is 22.8 Å². The molecule has 5 aromatic rings. The molecular weight excluding hydrogens is 464 g/mol. The maximum atomic E-state index is 12.8. The highest BCUT2D eigenvalue weighted by molar-refractivity contribution is 7.09. The Hall–Kier alpha value is -4.57. The quantitative estimate of drug-likeness (QED) is 0.336. The van der Waals surface area contributed by atoms with Crippen molar-refractivity contribution in [1.82, 2.24) is 24.7 Å². The highest BCUT2D eigenvalue weighted by Crippen LogP contribution is 2.24. The summed E-state index contributed by atoms with van der Waals surface area (Å²) in [5, 5.41) is 10.5. The van der Waals surface area contributed by atoms with Gasteiger partial charge in [0, 0.05) is 17.0 Å². The Balaban J connectivity index is 1.34. The topological polar surface area (TPSA) is 115 Å². The Morgan fingerprint density at radius 3 is 2.89 bits per heavy atom. The van der Waals surface area contributed by atoms with Crippen LogP contribution in [0, 0.1) is 6.92 Å². The van der Waals surface area contributed by atoms with Gasteiger partial charge in [-0.1, -0.05) is 30.3 Å². The van der Waals surface area contributed by atoms with Gasteiger partial charge in [-0.15, -0.1) is 11.3 Å². The lowest BCUT2D eigenvalue weighted by Crippen LogP contribution is -2.12. The summed E-state index contributed by atoms with van der Waals surface area (Å²) >= 11 is 1.57. The fraction of sp³-hybridized carbons (Fsp3) is 0.0800. The zero-order chi connectivity index (χ0) is 24.2. The average Bonchev–Trinajstić information content (AvgIpc) is 3.49. The van der Waals surface area contributed by atoms with Crippen LogP contribution in [-0.4, -0.2) is 30.6 Å². The number of nitrogens with one attached hydrogen (secondary N) is 2. The lowest BCUT2D eigenvalue weighted by Gasteiger charge is -2.10. The zero-order valence-electron chi connectivity index (χ0n) is 18.6. The number of ether oxygens (including phenoxy) is 1. The zero-order valence-corrected chi connectivity index (χ0v) is 19.5. The number of para-hydroxylation sites is 3. The minimum atomic E-state index is -0.329. The number of aryl methyl sites for hydroxylation is 1. The van der Waals surface area contributed by atoms with Gasteiger partial charge in [0.25, 0.3) is 5.56 Å². The van der Waals surface area contributed by atoms with Crippen molar-refractivity contribution in [1.29, 1.82) is 0 Å². The van der Waals surface area contributed by atoms with Gasteiger partial charge < -0.3 is 15.0 Å². The van der Waals surface area contributed by atoms with Crippen LogP contribution in [0.1, 0.15) is 16.3 Å². The highest BCUT2D eigenvalue weighted by Gasteiger charge is 2.13. The van der Waals surface area contributed by atoms with Gasteiger partial charge in [0.15, 0.2) is 5.65 Å². The molecule has 35 heavy (non-hydrogen) atoms. The molecule has 0 atom stereocenters. The van der Waals surface area contributed by atoms with Crippen molar-refractivity contribution in [3.8, 4) is 11.4 Å². The fourth-order valence-electron chi connectivity index (χ4n) is 3.51. The third kappa shape index (κ3) is 4.87. The summed E-state index contributed by atoms with van der Waals surface area (Å²) in [5.74, 6) is 0.326. The van der Waals surface area contributed by atoms with Gasteiger partial charge in [-0.05, 0) is 31.2 Å². The molecule has 0 aliphatic carbocycles. The average molecular weight is 485 g/mol. The number of rotatable bonds is 7. The summed E-state index contributed by atoms with van der Waals surface area (Å²) < 4.78 is 7.44. The largest absolute Gasteiger partial charge is 0.487 e. The smallest absolute Gasteiger partial charge is 0.261 e. The number of hydrogen-bond donors (Lipinski definition) is 2. The standard InChI is InChI=1S/C25H20N6O3S/c1-16-29-18(14-35-16)13-34-22-9-5-2-6-17(22)10-11-23(32)30-20-7-3-4-8-21(20)31-24-19(12-28-31)25(33)27-15-26-24/h2-12,14-15H,13H2,1H3,(H,30,32)(H,26,27,33)/b11-10+. The second-order valence-electron chi connectivity index (χ2n) is 7.55. The number of H-pyrrole nitrogens is 1. The molecule has 0 aliphatic rings. The molecule has 3 aromatic heterocycles. The third-order valence-corrected chi connectivity index (χ3v) is 5.96. The molecule has 0 bridgehead atoms. The van der Waals surface area contributed by atoms with Crippen molar-refractivity contribution in [2.45, 2.75) is 13.5 Å². The Morgan fingerprint density at radius 1 is 1.20 bits per heavy atom. The number of hydrogen-bond acceptors (Lipinski definition) is 7. The molecule has 9 nitrogen and oxygen atoms in total. The maximum Gasteiger partial charge on any atom is 0.261 e. The number of benzene rings is 2. The van der Waals surface area contributed by atoms with E-state index in [0.29, 0.717) is 34.8 Å². The predicted molar refractivity (Wildman–Crippen MR) is 135 cm³/mol. The van der Waals surface area contributed by atoms with Crippen LogP contribution < -0.4 is 15.6 Å². The normalized spacial score (nSPS) is 11.2. The molecule has 2 aromatic carbocycles. The van der Waals surface area contributed by atoms with E-state index < -0.39 is 0 Å². The molecule has 0 unspecified atom stereocenters. The summed E-state index contributed by atoms with van der Waals surface area (Å²) in [4.78, 5) is 36.0. The van der Waals surface area contributed by atoms with Crippen molar-refractivity contribution in [2.75, 3.05) is 5.32 Å². The van der Waals surface area contributed by atoms with Crippen LogP contribution in [0.2, 0.25) is 0 Å². The van der Waals surface area contributed by atoms with Gasteiger partial charge in [-0.2, -0.15) is 5.10 Å². The van der Waals surface area contributed by atoms with Crippen LogP contribution in [0.3, 0.4) is 0 Å². The Labute approximate surface area is 203 Å². The van der Waals surface area contributed by atoms with Crippen molar-refractivity contribution >= 4 is 40.0 Å². The number of thiazole rings is 1. The van der Waals surface area contributed by atoms with E-state index in [9.17, 15) is 9.59 Å². The molecule has 0 saturated heterocycles. The number of amides is 1. The summed E-state index contributed by atoms with van der Waals surface area (Å²) in [6.45, 7) is 2.30. The molecule has 0 saturated carbocycles. The van der Waals surface area contributed by atoms with E-state index in [4.69, 9.17) is 4.74 Å². The molecule has 0 fully saturated rings. The van der Waals surface area contributed by atoms with Crippen molar-refractivity contribution < 1.29 is 9.53 Å². The molecule has 0 spiro atoms. The molecular formula is C25H20N6O3S. The van der Waals surface area contributed by atoms with Gasteiger partial charge >= 0.3 is 0 Å². The fourth-order valence-corrected chi connectivity index (χ4v) is 4.11.